The maximum atomic E-state index is 12.1. The Hall–Kier alpha value is -1.14. The number of carbonyl (C=O) groups is 2. The molecule has 3 atom stereocenters. The van der Waals surface area contributed by atoms with Gasteiger partial charge in [-0.2, -0.15) is 0 Å². The second-order valence-corrected chi connectivity index (χ2v) is 5.15. The Bertz CT molecular complexity index is 310. The van der Waals surface area contributed by atoms with Crippen molar-refractivity contribution in [1.82, 2.24) is 9.80 Å². The normalized spacial score (nSPS) is 27.0. The van der Waals surface area contributed by atoms with E-state index in [9.17, 15) is 9.59 Å². The van der Waals surface area contributed by atoms with Crippen molar-refractivity contribution in [1.29, 1.82) is 0 Å². The van der Waals surface area contributed by atoms with Gasteiger partial charge >= 0.3 is 5.97 Å². The summed E-state index contributed by atoms with van der Waals surface area (Å²) in [6.45, 7) is 5.44. The van der Waals surface area contributed by atoms with Crippen LogP contribution in [-0.4, -0.2) is 65.0 Å². The van der Waals surface area contributed by atoms with Crippen molar-refractivity contribution in [2.24, 2.45) is 5.73 Å². The van der Waals surface area contributed by atoms with Crippen molar-refractivity contribution in [2.75, 3.05) is 20.1 Å². The minimum absolute atomic E-state index is 0.0637. The van der Waals surface area contributed by atoms with Crippen molar-refractivity contribution in [3.63, 3.8) is 0 Å². The van der Waals surface area contributed by atoms with Crippen LogP contribution in [0.5, 0.6) is 0 Å². The van der Waals surface area contributed by atoms with Crippen LogP contribution in [0, 0.1) is 0 Å². The molecule has 3 N–H and O–H groups in total. The predicted molar refractivity (Wildman–Crippen MR) is 68.1 cm³/mol. The summed E-state index contributed by atoms with van der Waals surface area (Å²) < 4.78 is 0. The average molecular weight is 257 g/mol. The van der Waals surface area contributed by atoms with Gasteiger partial charge in [0.15, 0.2) is 0 Å². The van der Waals surface area contributed by atoms with E-state index in [0.717, 1.165) is 0 Å². The van der Waals surface area contributed by atoms with Crippen molar-refractivity contribution >= 4 is 11.9 Å². The number of aliphatic carboxylic acids is 1. The smallest absolute Gasteiger partial charge is 0.303 e. The van der Waals surface area contributed by atoms with Crippen molar-refractivity contribution in [3.8, 4) is 0 Å². The van der Waals surface area contributed by atoms with Gasteiger partial charge in [-0.1, -0.05) is 0 Å². The molecule has 1 amide bonds. The predicted octanol–water partition coefficient (Wildman–Crippen LogP) is -0.270. The first-order chi connectivity index (χ1) is 8.32. The van der Waals surface area contributed by atoms with Crippen LogP contribution >= 0.6 is 0 Å². The van der Waals surface area contributed by atoms with Gasteiger partial charge in [-0.3, -0.25) is 14.5 Å². The van der Waals surface area contributed by atoms with Gasteiger partial charge in [0.05, 0.1) is 6.04 Å². The highest BCUT2D eigenvalue weighted by molar-refractivity contribution is 5.82. The molecule has 1 fully saturated rings. The van der Waals surface area contributed by atoms with Crippen LogP contribution in [0.1, 0.15) is 26.7 Å². The van der Waals surface area contributed by atoms with E-state index < -0.39 is 12.0 Å². The number of rotatable bonds is 4. The molecular weight excluding hydrogens is 234 g/mol. The molecule has 0 spiro atoms. The standard InChI is InChI=1S/C12H23N3O3/c1-8-6-15(7-9(2)14(8)3)12(18)10(13)4-5-11(16)17/h8-10H,4-7,13H2,1-3H3,(H,16,17). The summed E-state index contributed by atoms with van der Waals surface area (Å²) in [5.41, 5.74) is 5.75. The molecule has 0 aromatic rings. The summed E-state index contributed by atoms with van der Waals surface area (Å²) in [5, 5.41) is 8.59. The Balaban J connectivity index is 2.53. The SMILES string of the molecule is CC1CN(C(=O)C(N)CCC(=O)O)CC(C)N1C. The molecule has 0 bridgehead atoms. The summed E-state index contributed by atoms with van der Waals surface area (Å²) in [6.07, 6.45) is 0.134. The number of nitrogens with two attached hydrogens (primary N) is 1. The number of hydrogen-bond acceptors (Lipinski definition) is 4. The van der Waals surface area contributed by atoms with E-state index in [2.05, 4.69) is 18.7 Å². The largest absolute Gasteiger partial charge is 0.481 e. The van der Waals surface area contributed by atoms with Crippen molar-refractivity contribution in [2.45, 2.75) is 44.8 Å². The van der Waals surface area contributed by atoms with E-state index >= 15 is 0 Å². The molecule has 0 aliphatic carbocycles. The fraction of sp³-hybridized carbons (Fsp3) is 0.833. The molecule has 1 heterocycles. The molecule has 6 nitrogen and oxygen atoms in total. The van der Waals surface area contributed by atoms with Crippen molar-refractivity contribution in [3.05, 3.63) is 0 Å². The summed E-state index contributed by atoms with van der Waals surface area (Å²) in [6, 6.07) is -0.113. The lowest BCUT2D eigenvalue weighted by atomic mass is 10.1. The molecule has 1 aliphatic rings. The van der Waals surface area contributed by atoms with Crippen LogP contribution in [0.4, 0.5) is 0 Å². The Kier molecular flexibility index (Phi) is 5.10. The monoisotopic (exact) mass is 257 g/mol. The first kappa shape index (κ1) is 14.9. The van der Waals surface area contributed by atoms with E-state index in [4.69, 9.17) is 10.8 Å². The van der Waals surface area contributed by atoms with Crippen molar-refractivity contribution < 1.29 is 14.7 Å². The average Bonchev–Trinajstić information content (AvgIpc) is 2.31. The molecule has 0 radical (unpaired) electrons. The highest BCUT2D eigenvalue weighted by atomic mass is 16.4. The first-order valence-electron chi connectivity index (χ1n) is 6.31. The Labute approximate surface area is 108 Å². The van der Waals surface area contributed by atoms with Crippen LogP contribution in [0.2, 0.25) is 0 Å². The number of carboxylic acids is 1. The maximum Gasteiger partial charge on any atom is 0.303 e. The highest BCUT2D eigenvalue weighted by Crippen LogP contribution is 2.14. The number of amides is 1. The molecule has 1 aliphatic heterocycles. The van der Waals surface area contributed by atoms with Crippen LogP contribution < -0.4 is 5.73 Å². The van der Waals surface area contributed by atoms with Gasteiger partial charge in [0.25, 0.3) is 0 Å². The zero-order valence-corrected chi connectivity index (χ0v) is 11.3. The third-order valence-electron chi connectivity index (χ3n) is 3.66. The zero-order valence-electron chi connectivity index (χ0n) is 11.3. The summed E-state index contributed by atoms with van der Waals surface area (Å²) in [5.74, 6) is -1.05. The fourth-order valence-corrected chi connectivity index (χ4v) is 2.22. The summed E-state index contributed by atoms with van der Waals surface area (Å²) in [7, 11) is 2.04. The molecule has 18 heavy (non-hydrogen) atoms. The van der Waals surface area contributed by atoms with Gasteiger partial charge in [-0.15, -0.1) is 0 Å². The van der Waals surface area contributed by atoms with E-state index in [1.165, 1.54) is 0 Å². The number of carboxylic acid groups (broad SMARTS) is 1. The first-order valence-corrected chi connectivity index (χ1v) is 6.31. The van der Waals surface area contributed by atoms with Crippen LogP contribution in [0.15, 0.2) is 0 Å². The maximum absolute atomic E-state index is 12.1. The number of nitrogens with zero attached hydrogens (tertiary/aromatic N) is 2. The molecule has 3 unspecified atom stereocenters. The quantitative estimate of drug-likeness (QED) is 0.724. The lowest BCUT2D eigenvalue weighted by Crippen LogP contribution is -2.59. The molecule has 0 saturated carbocycles. The molecule has 1 saturated heterocycles. The van der Waals surface area contributed by atoms with E-state index in [1.807, 2.05) is 7.05 Å². The minimum atomic E-state index is -0.918. The lowest BCUT2D eigenvalue weighted by Gasteiger charge is -2.43. The van der Waals surface area contributed by atoms with Gasteiger partial charge < -0.3 is 15.7 Å². The fourth-order valence-electron chi connectivity index (χ4n) is 2.22. The van der Waals surface area contributed by atoms with Gasteiger partial charge in [-0.25, -0.2) is 0 Å². The lowest BCUT2D eigenvalue weighted by molar-refractivity contribution is -0.138. The molecular formula is C12H23N3O3. The van der Waals surface area contributed by atoms with Crippen LogP contribution in [-0.2, 0) is 9.59 Å². The third kappa shape index (κ3) is 3.68. The minimum Gasteiger partial charge on any atom is -0.481 e. The molecule has 0 aromatic heterocycles. The molecule has 104 valence electrons. The zero-order chi connectivity index (χ0) is 13.9. The van der Waals surface area contributed by atoms with Crippen LogP contribution in [0.3, 0.4) is 0 Å². The third-order valence-corrected chi connectivity index (χ3v) is 3.66. The second kappa shape index (κ2) is 6.15. The van der Waals surface area contributed by atoms with E-state index in [-0.39, 0.29) is 18.7 Å². The summed E-state index contributed by atoms with van der Waals surface area (Å²) in [4.78, 5) is 26.5. The molecule has 6 heteroatoms. The molecule has 1 rings (SSSR count). The molecule has 0 aromatic carbocycles. The Morgan fingerprint density at radius 3 is 2.28 bits per heavy atom. The van der Waals surface area contributed by atoms with E-state index in [0.29, 0.717) is 25.2 Å². The van der Waals surface area contributed by atoms with E-state index in [1.54, 1.807) is 4.90 Å². The number of hydrogen-bond donors (Lipinski definition) is 2. The second-order valence-electron chi connectivity index (χ2n) is 5.15. The van der Waals surface area contributed by atoms with Gasteiger partial charge in [0.1, 0.15) is 0 Å². The summed E-state index contributed by atoms with van der Waals surface area (Å²) >= 11 is 0. The number of piperazine rings is 1. The van der Waals surface area contributed by atoms with Crippen LogP contribution in [0.25, 0.3) is 0 Å². The topological polar surface area (TPSA) is 86.9 Å². The Morgan fingerprint density at radius 1 is 1.33 bits per heavy atom. The van der Waals surface area contributed by atoms with Gasteiger partial charge in [0.2, 0.25) is 5.91 Å². The number of likely N-dealkylation sites (N-methyl/N-ethyl adjacent to an activating group) is 1. The number of carbonyl (C=O) groups excluding carboxylic acids is 1. The Morgan fingerprint density at radius 2 is 1.83 bits per heavy atom. The van der Waals surface area contributed by atoms with Gasteiger partial charge in [-0.05, 0) is 27.3 Å². The highest BCUT2D eigenvalue weighted by Gasteiger charge is 2.31. The van der Waals surface area contributed by atoms with Gasteiger partial charge in [0, 0.05) is 31.6 Å².